The van der Waals surface area contributed by atoms with Gasteiger partial charge in [-0.15, -0.1) is 0 Å². The number of methoxy groups -OCH3 is 3. The molecule has 0 bridgehead atoms. The number of nitrogens with zero attached hydrogens (tertiary/aromatic N) is 4. The van der Waals surface area contributed by atoms with Crippen molar-refractivity contribution < 1.29 is 33.4 Å². The van der Waals surface area contributed by atoms with Crippen LogP contribution in [0.4, 0.5) is 9.59 Å². The molecule has 0 radical (unpaired) electrons. The molecular formula is C40H48N8O7. The van der Waals surface area contributed by atoms with E-state index in [1.165, 1.54) is 43.6 Å². The van der Waals surface area contributed by atoms with Crippen LogP contribution in [0.3, 0.4) is 0 Å². The number of likely N-dealkylation sites (N-methyl/N-ethyl adjacent to an activating group) is 1. The highest BCUT2D eigenvalue weighted by Crippen LogP contribution is 2.41. The normalized spacial score (nSPS) is 18.1. The number of fused-ring (bicyclic) bond motifs is 3. The van der Waals surface area contributed by atoms with Crippen LogP contribution in [0.15, 0.2) is 48.8 Å². The molecule has 2 aliphatic carbocycles. The molecule has 3 heterocycles. The molecule has 2 aromatic carbocycles. The number of aromatic nitrogens is 4. The maximum absolute atomic E-state index is 13.7. The highest BCUT2D eigenvalue weighted by atomic mass is 16.5. The third kappa shape index (κ3) is 7.53. The summed E-state index contributed by atoms with van der Waals surface area (Å²) in [5.74, 6) is 1.04. The van der Waals surface area contributed by atoms with Crippen molar-refractivity contribution in [3.8, 4) is 33.6 Å². The van der Waals surface area contributed by atoms with E-state index < -0.39 is 30.4 Å². The van der Waals surface area contributed by atoms with Crippen molar-refractivity contribution in [1.29, 1.82) is 0 Å². The number of likely N-dealkylation sites (tertiary alicyclic amines) is 1. The molecular weight excluding hydrogens is 704 g/mol. The number of benzene rings is 2. The average molecular weight is 753 g/mol. The number of alkyl carbamates (subject to hydrolysis) is 2. The molecule has 55 heavy (non-hydrogen) atoms. The molecule has 2 aromatic heterocycles. The lowest BCUT2D eigenvalue weighted by Gasteiger charge is -2.30. The third-order valence-corrected chi connectivity index (χ3v) is 11.3. The maximum atomic E-state index is 13.7. The number of aromatic amines is 2. The molecule has 290 valence electrons. The molecule has 7 rings (SSSR count). The first kappa shape index (κ1) is 37.6. The van der Waals surface area contributed by atoms with E-state index in [1.807, 2.05) is 13.1 Å². The van der Waals surface area contributed by atoms with Gasteiger partial charge in [0.1, 0.15) is 23.7 Å². The van der Waals surface area contributed by atoms with E-state index in [1.54, 1.807) is 30.0 Å². The number of hydrogen-bond donors (Lipinski definition) is 4. The smallest absolute Gasteiger partial charge is 0.407 e. The third-order valence-electron chi connectivity index (χ3n) is 11.3. The van der Waals surface area contributed by atoms with Crippen LogP contribution in [0.25, 0.3) is 33.6 Å². The molecule has 1 saturated carbocycles. The van der Waals surface area contributed by atoms with Crippen molar-refractivity contribution in [2.24, 2.45) is 5.92 Å². The Hall–Kier alpha value is -5.70. The van der Waals surface area contributed by atoms with Gasteiger partial charge in [0, 0.05) is 20.7 Å². The first-order valence-electron chi connectivity index (χ1n) is 18.7. The summed E-state index contributed by atoms with van der Waals surface area (Å²) in [4.78, 5) is 70.6. The molecule has 4 N–H and O–H groups in total. The Morgan fingerprint density at radius 3 is 2.09 bits per heavy atom. The molecule has 1 aliphatic heterocycles. The van der Waals surface area contributed by atoms with Crippen LogP contribution in [0, 0.1) is 5.92 Å². The maximum Gasteiger partial charge on any atom is 0.407 e. The fourth-order valence-corrected chi connectivity index (χ4v) is 7.68. The second-order valence-electron chi connectivity index (χ2n) is 14.6. The Morgan fingerprint density at radius 1 is 0.855 bits per heavy atom. The zero-order valence-corrected chi connectivity index (χ0v) is 32.0. The number of H-pyrrole nitrogens is 2. The minimum absolute atomic E-state index is 0.111. The van der Waals surface area contributed by atoms with Gasteiger partial charge in [0.2, 0.25) is 11.8 Å². The van der Waals surface area contributed by atoms with Crippen molar-refractivity contribution in [3.63, 3.8) is 0 Å². The quantitative estimate of drug-likeness (QED) is 0.134. The number of carbonyl (C=O) groups is 4. The van der Waals surface area contributed by atoms with E-state index in [4.69, 9.17) is 19.2 Å². The highest BCUT2D eigenvalue weighted by Gasteiger charge is 2.41. The van der Waals surface area contributed by atoms with Crippen molar-refractivity contribution >= 4 is 24.0 Å². The van der Waals surface area contributed by atoms with Crippen LogP contribution in [0.2, 0.25) is 0 Å². The molecule has 4 aromatic rings. The minimum Gasteiger partial charge on any atom is -0.453 e. The number of nitrogens with one attached hydrogen (secondary N) is 4. The van der Waals surface area contributed by atoms with Gasteiger partial charge in [-0.05, 0) is 97.4 Å². The predicted molar refractivity (Wildman–Crippen MR) is 203 cm³/mol. The van der Waals surface area contributed by atoms with Crippen molar-refractivity contribution in [2.75, 3.05) is 34.9 Å². The van der Waals surface area contributed by atoms with Crippen LogP contribution in [-0.4, -0.2) is 107 Å². The van der Waals surface area contributed by atoms with Gasteiger partial charge in [-0.3, -0.25) is 9.59 Å². The Labute approximate surface area is 319 Å². The molecule has 15 heteroatoms. The summed E-state index contributed by atoms with van der Waals surface area (Å²) in [5.41, 5.74) is 8.46. The summed E-state index contributed by atoms with van der Waals surface area (Å²) >= 11 is 0. The summed E-state index contributed by atoms with van der Waals surface area (Å²) in [6.07, 6.45) is 5.83. The Bertz CT molecular complexity index is 2090. The van der Waals surface area contributed by atoms with Crippen molar-refractivity contribution in [3.05, 3.63) is 71.6 Å². The monoisotopic (exact) mass is 752 g/mol. The average Bonchev–Trinajstić information content (AvgIpc) is 3.61. The molecule has 0 unspecified atom stereocenters. The SMILES string of the molecule is COC(=O)N[C@H](C(=O)N(C)[C@@H](C)c1ncc(-c2ccc3c(c2)Cc2cc(-c4cnc([C@H]5CCCN5C(=O)[C@@H](NC(=O)OC)[C@@H](C)OC)[nH]4)ccc2-3)[nH]1)C1CC1. The lowest BCUT2D eigenvalue weighted by Crippen LogP contribution is -2.54. The number of rotatable bonds is 12. The number of amides is 4. The van der Waals surface area contributed by atoms with E-state index in [-0.39, 0.29) is 29.8 Å². The standard InChI is InChI=1S/C40H48N8O7/c1-21(47(3)37(49)34(23-9-10-23)46-40(52)55-6)35-41-19-30(43-35)24-11-13-28-26(16-24)18-27-17-25(12-14-29(27)28)31-20-42-36(44-31)32-8-7-15-48(32)38(50)33(22(2)53-4)45-39(51)54-5/h11-14,16-17,19-23,32-34H,7-10,15,18H2,1-6H3,(H,41,43)(H,42,44)(H,45,51)(H,46,52)/t21-,22+,32+,33-,34-/m0/s1. The molecule has 2 fully saturated rings. The molecule has 5 atom stereocenters. The van der Waals surface area contributed by atoms with Crippen LogP contribution in [0.1, 0.15) is 74.4 Å². The van der Waals surface area contributed by atoms with E-state index in [2.05, 4.69) is 62.0 Å². The molecule has 1 saturated heterocycles. The summed E-state index contributed by atoms with van der Waals surface area (Å²) in [5, 5.41) is 5.33. The fraction of sp³-hybridized carbons (Fsp3) is 0.450. The van der Waals surface area contributed by atoms with Crippen LogP contribution in [-0.2, 0) is 30.2 Å². The summed E-state index contributed by atoms with van der Waals surface area (Å²) < 4.78 is 14.9. The minimum atomic E-state index is -0.898. The van der Waals surface area contributed by atoms with Gasteiger partial charge in [-0.1, -0.05) is 24.3 Å². The Kier molecular flexibility index (Phi) is 10.6. The van der Waals surface area contributed by atoms with Gasteiger partial charge < -0.3 is 44.6 Å². The molecule has 0 spiro atoms. The van der Waals surface area contributed by atoms with Gasteiger partial charge in [-0.2, -0.15) is 0 Å². The van der Waals surface area contributed by atoms with E-state index >= 15 is 0 Å². The summed E-state index contributed by atoms with van der Waals surface area (Å²) in [7, 11) is 5.78. The number of carbonyl (C=O) groups excluding carboxylic acids is 4. The number of ether oxygens (including phenoxy) is 3. The Morgan fingerprint density at radius 2 is 1.47 bits per heavy atom. The second kappa shape index (κ2) is 15.6. The number of hydrogen-bond acceptors (Lipinski definition) is 9. The lowest BCUT2D eigenvalue weighted by atomic mass is 10.0. The topological polar surface area (TPSA) is 184 Å². The lowest BCUT2D eigenvalue weighted by molar-refractivity contribution is -0.137. The van der Waals surface area contributed by atoms with Gasteiger partial charge >= 0.3 is 12.2 Å². The van der Waals surface area contributed by atoms with E-state index in [9.17, 15) is 19.2 Å². The van der Waals surface area contributed by atoms with Gasteiger partial charge in [0.05, 0.1) is 56.2 Å². The van der Waals surface area contributed by atoms with E-state index in [0.29, 0.717) is 18.2 Å². The fourth-order valence-electron chi connectivity index (χ4n) is 7.68. The second-order valence-corrected chi connectivity index (χ2v) is 14.6. The van der Waals surface area contributed by atoms with Gasteiger partial charge in [0.15, 0.2) is 0 Å². The van der Waals surface area contributed by atoms with Crippen LogP contribution < -0.4 is 10.6 Å². The zero-order valence-electron chi connectivity index (χ0n) is 32.0. The van der Waals surface area contributed by atoms with E-state index in [0.717, 1.165) is 54.6 Å². The summed E-state index contributed by atoms with van der Waals surface area (Å²) in [6.45, 7) is 4.19. The molecule has 3 aliphatic rings. The van der Waals surface area contributed by atoms with Crippen molar-refractivity contribution in [2.45, 2.75) is 76.2 Å². The van der Waals surface area contributed by atoms with Crippen LogP contribution >= 0.6 is 0 Å². The molecule has 4 amide bonds. The number of imidazole rings is 2. The highest BCUT2D eigenvalue weighted by molar-refractivity contribution is 5.87. The Balaban J connectivity index is 1.03. The molecule has 15 nitrogen and oxygen atoms in total. The van der Waals surface area contributed by atoms with Gasteiger partial charge in [-0.25, -0.2) is 19.6 Å². The largest absolute Gasteiger partial charge is 0.453 e. The first-order chi connectivity index (χ1) is 26.5. The van der Waals surface area contributed by atoms with Crippen molar-refractivity contribution in [1.82, 2.24) is 40.4 Å². The zero-order chi connectivity index (χ0) is 39.0. The van der Waals surface area contributed by atoms with Gasteiger partial charge in [0.25, 0.3) is 0 Å². The summed E-state index contributed by atoms with van der Waals surface area (Å²) in [6, 6.07) is 10.7. The first-order valence-corrected chi connectivity index (χ1v) is 18.7. The van der Waals surface area contributed by atoms with Crippen LogP contribution in [0.5, 0.6) is 0 Å². The predicted octanol–water partition coefficient (Wildman–Crippen LogP) is 5.12.